The van der Waals surface area contributed by atoms with E-state index in [9.17, 15) is 18.0 Å². The Hall–Kier alpha value is -3.06. The number of alkyl halides is 3. The van der Waals surface area contributed by atoms with Gasteiger partial charge in [-0.1, -0.05) is 30.3 Å². The van der Waals surface area contributed by atoms with Gasteiger partial charge in [-0.05, 0) is 43.3 Å². The maximum absolute atomic E-state index is 12.6. The zero-order valence-corrected chi connectivity index (χ0v) is 15.1. The summed E-state index contributed by atoms with van der Waals surface area (Å²) in [6.45, 7) is 1.73. The molecule has 7 heteroatoms. The van der Waals surface area contributed by atoms with Gasteiger partial charge in [0.1, 0.15) is 0 Å². The minimum atomic E-state index is -4.41. The van der Waals surface area contributed by atoms with Gasteiger partial charge >= 0.3 is 6.18 Å². The third-order valence-electron chi connectivity index (χ3n) is 4.38. The molecule has 0 aliphatic carbocycles. The molecule has 3 rings (SSSR count). The Morgan fingerprint density at radius 3 is 2.25 bits per heavy atom. The Balaban J connectivity index is 1.70. The van der Waals surface area contributed by atoms with Crippen molar-refractivity contribution in [3.05, 3.63) is 89.9 Å². The molecule has 1 aromatic heterocycles. The largest absolute Gasteiger partial charge is 0.463 e. The van der Waals surface area contributed by atoms with Crippen LogP contribution in [-0.2, 0) is 11.0 Å². The van der Waals surface area contributed by atoms with E-state index in [1.54, 1.807) is 19.3 Å². The average Bonchev–Trinajstić information content (AvgIpc) is 3.20. The predicted octanol–water partition coefficient (Wildman–Crippen LogP) is 3.98. The summed E-state index contributed by atoms with van der Waals surface area (Å²) in [5, 5.41) is 4.51. The molecule has 146 valence electrons. The first kappa shape index (κ1) is 19.7. The molecule has 0 unspecified atom stereocenters. The first-order valence-corrected chi connectivity index (χ1v) is 8.76. The quantitative estimate of drug-likeness (QED) is 0.670. The minimum absolute atomic E-state index is 0.218. The standard InChI is InChI=1S/C21H19F3N2O2/c1-14(20(27)26-17-11-9-16(10-12-17)21(22,23)24)25-19(18-8-5-13-28-18)15-6-3-2-4-7-15/h2-14,19,25H,1H3,(H,26,27)/p+1/t14-,19+/m1/s1. The van der Waals surface area contributed by atoms with Crippen LogP contribution in [0.15, 0.2) is 77.4 Å². The lowest BCUT2D eigenvalue weighted by molar-refractivity contribution is -0.706. The average molecular weight is 389 g/mol. The van der Waals surface area contributed by atoms with Crippen molar-refractivity contribution < 1.29 is 27.7 Å². The van der Waals surface area contributed by atoms with Crippen molar-refractivity contribution in [3.63, 3.8) is 0 Å². The van der Waals surface area contributed by atoms with E-state index in [0.29, 0.717) is 11.4 Å². The van der Waals surface area contributed by atoms with Crippen molar-refractivity contribution >= 4 is 11.6 Å². The van der Waals surface area contributed by atoms with Crippen LogP contribution < -0.4 is 10.6 Å². The third-order valence-corrected chi connectivity index (χ3v) is 4.38. The van der Waals surface area contributed by atoms with Crippen molar-refractivity contribution in [1.82, 2.24) is 0 Å². The number of benzene rings is 2. The highest BCUT2D eigenvalue weighted by Gasteiger charge is 2.30. The first-order chi connectivity index (χ1) is 13.3. The second-order valence-corrected chi connectivity index (χ2v) is 6.45. The Bertz CT molecular complexity index is 892. The second kappa shape index (κ2) is 8.31. The minimum Gasteiger partial charge on any atom is -0.463 e. The molecule has 2 atom stereocenters. The lowest BCUT2D eigenvalue weighted by atomic mass is 10.0. The van der Waals surface area contributed by atoms with E-state index < -0.39 is 17.8 Å². The summed E-state index contributed by atoms with van der Waals surface area (Å²) in [5.41, 5.74) is 0.534. The Morgan fingerprint density at radius 2 is 1.68 bits per heavy atom. The number of anilines is 1. The van der Waals surface area contributed by atoms with Gasteiger partial charge in [-0.3, -0.25) is 4.79 Å². The Labute approximate surface area is 160 Å². The molecular formula is C21H20F3N2O2+. The number of nitrogens with two attached hydrogens (primary N) is 1. The molecule has 0 spiro atoms. The number of rotatable bonds is 6. The monoisotopic (exact) mass is 389 g/mol. The SMILES string of the molecule is C[C@@H]([NH2+][C@@H](c1ccccc1)c1ccco1)C(=O)Nc1ccc(C(F)(F)F)cc1. The van der Waals surface area contributed by atoms with Crippen LogP contribution in [0, 0.1) is 0 Å². The van der Waals surface area contributed by atoms with Gasteiger partial charge in [0.2, 0.25) is 0 Å². The Morgan fingerprint density at radius 1 is 1.00 bits per heavy atom. The smallest absolute Gasteiger partial charge is 0.416 e. The van der Waals surface area contributed by atoms with Gasteiger partial charge in [0.25, 0.3) is 5.91 Å². The third kappa shape index (κ3) is 4.80. The molecule has 2 aromatic carbocycles. The number of hydrogen-bond acceptors (Lipinski definition) is 2. The highest BCUT2D eigenvalue weighted by atomic mass is 19.4. The van der Waals surface area contributed by atoms with Gasteiger partial charge in [0, 0.05) is 11.3 Å². The van der Waals surface area contributed by atoms with Gasteiger partial charge in [-0.15, -0.1) is 0 Å². The van der Waals surface area contributed by atoms with Crippen molar-refractivity contribution in [2.24, 2.45) is 0 Å². The highest BCUT2D eigenvalue weighted by Crippen LogP contribution is 2.29. The molecule has 1 heterocycles. The molecule has 0 aliphatic heterocycles. The van der Waals surface area contributed by atoms with E-state index in [-0.39, 0.29) is 11.9 Å². The molecule has 4 nitrogen and oxygen atoms in total. The molecule has 0 aliphatic rings. The maximum Gasteiger partial charge on any atom is 0.416 e. The van der Waals surface area contributed by atoms with E-state index in [1.165, 1.54) is 12.1 Å². The van der Waals surface area contributed by atoms with Crippen molar-refractivity contribution in [3.8, 4) is 0 Å². The van der Waals surface area contributed by atoms with E-state index in [0.717, 1.165) is 17.7 Å². The molecule has 3 N–H and O–H groups in total. The number of halogens is 3. The van der Waals surface area contributed by atoms with Gasteiger partial charge < -0.3 is 15.1 Å². The molecule has 0 fully saturated rings. The van der Waals surface area contributed by atoms with Crippen LogP contribution in [-0.4, -0.2) is 11.9 Å². The van der Waals surface area contributed by atoms with Crippen molar-refractivity contribution in [1.29, 1.82) is 0 Å². The summed E-state index contributed by atoms with van der Waals surface area (Å²) < 4.78 is 43.5. The van der Waals surface area contributed by atoms with Crippen LogP contribution in [0.2, 0.25) is 0 Å². The molecule has 3 aromatic rings. The van der Waals surface area contributed by atoms with Crippen LogP contribution in [0.3, 0.4) is 0 Å². The van der Waals surface area contributed by atoms with Crippen LogP contribution in [0.5, 0.6) is 0 Å². The van der Waals surface area contributed by atoms with E-state index in [4.69, 9.17) is 4.42 Å². The fraction of sp³-hybridized carbons (Fsp3) is 0.190. The summed E-state index contributed by atoms with van der Waals surface area (Å²) >= 11 is 0. The van der Waals surface area contributed by atoms with Crippen molar-refractivity contribution in [2.75, 3.05) is 5.32 Å². The molecule has 0 bridgehead atoms. The molecule has 0 radical (unpaired) electrons. The summed E-state index contributed by atoms with van der Waals surface area (Å²) in [6, 6.07) is 16.9. The molecule has 28 heavy (non-hydrogen) atoms. The zero-order chi connectivity index (χ0) is 20.1. The predicted molar refractivity (Wildman–Crippen MR) is 98.5 cm³/mol. The van der Waals surface area contributed by atoms with E-state index in [1.807, 2.05) is 41.7 Å². The summed E-state index contributed by atoms with van der Waals surface area (Å²) in [5.74, 6) is 0.396. The topological polar surface area (TPSA) is 58.9 Å². The zero-order valence-electron chi connectivity index (χ0n) is 15.1. The summed E-state index contributed by atoms with van der Waals surface area (Å²) in [6.07, 6.45) is -2.83. The molecular weight excluding hydrogens is 369 g/mol. The number of hydrogen-bond donors (Lipinski definition) is 2. The number of nitrogens with one attached hydrogen (secondary N) is 1. The van der Waals surface area contributed by atoms with Crippen molar-refractivity contribution in [2.45, 2.75) is 25.2 Å². The normalized spacial score (nSPS) is 13.7. The highest BCUT2D eigenvalue weighted by molar-refractivity contribution is 5.93. The van der Waals surface area contributed by atoms with Crippen LogP contribution in [0.4, 0.5) is 18.9 Å². The molecule has 1 amide bonds. The summed E-state index contributed by atoms with van der Waals surface area (Å²) in [4.78, 5) is 12.5. The second-order valence-electron chi connectivity index (χ2n) is 6.45. The summed E-state index contributed by atoms with van der Waals surface area (Å²) in [7, 11) is 0. The number of amides is 1. The van der Waals surface area contributed by atoms with Crippen LogP contribution in [0.25, 0.3) is 0 Å². The Kier molecular flexibility index (Phi) is 5.84. The lowest BCUT2D eigenvalue weighted by Gasteiger charge is -2.19. The number of carbonyl (C=O) groups is 1. The fourth-order valence-electron chi connectivity index (χ4n) is 2.87. The number of quaternary nitrogens is 1. The number of furan rings is 1. The maximum atomic E-state index is 12.6. The van der Waals surface area contributed by atoms with Crippen LogP contribution >= 0.6 is 0 Å². The van der Waals surface area contributed by atoms with E-state index >= 15 is 0 Å². The first-order valence-electron chi connectivity index (χ1n) is 8.76. The van der Waals surface area contributed by atoms with Gasteiger partial charge in [0.05, 0.1) is 11.8 Å². The molecule has 0 saturated heterocycles. The number of carbonyl (C=O) groups excluding carboxylic acids is 1. The van der Waals surface area contributed by atoms with E-state index in [2.05, 4.69) is 5.32 Å². The molecule has 0 saturated carbocycles. The van der Waals surface area contributed by atoms with Crippen LogP contribution in [0.1, 0.15) is 29.9 Å². The van der Waals surface area contributed by atoms with Gasteiger partial charge in [0.15, 0.2) is 17.8 Å². The lowest BCUT2D eigenvalue weighted by Crippen LogP contribution is -2.92. The van der Waals surface area contributed by atoms with Gasteiger partial charge in [-0.25, -0.2) is 0 Å². The van der Waals surface area contributed by atoms with Gasteiger partial charge in [-0.2, -0.15) is 13.2 Å². The fourth-order valence-corrected chi connectivity index (χ4v) is 2.87.